The molecular formula is C33H29N5O. The molecule has 39 heavy (non-hydrogen) atoms. The molecule has 2 aromatic carbocycles. The van der Waals surface area contributed by atoms with Gasteiger partial charge in [-0.3, -0.25) is 9.48 Å². The summed E-state index contributed by atoms with van der Waals surface area (Å²) >= 11 is 0. The minimum atomic E-state index is -0.181. The molecule has 0 fully saturated rings. The van der Waals surface area contributed by atoms with Crippen LogP contribution >= 0.6 is 0 Å². The van der Waals surface area contributed by atoms with Crippen molar-refractivity contribution in [2.75, 3.05) is 11.9 Å². The summed E-state index contributed by atoms with van der Waals surface area (Å²) in [6.07, 6.45) is 0. The minimum absolute atomic E-state index is 0.181. The fraction of sp³-hybridized carbons (Fsp3) is 0.121. The van der Waals surface area contributed by atoms with E-state index in [1.54, 1.807) is 9.36 Å². The van der Waals surface area contributed by atoms with Gasteiger partial charge >= 0.3 is 0 Å². The molecule has 0 radical (unpaired) electrons. The topological polar surface area (TPSA) is 63.7 Å². The first-order valence-electron chi connectivity index (χ1n) is 11.6. The van der Waals surface area contributed by atoms with Gasteiger partial charge in [-0.25, -0.2) is 4.68 Å². The van der Waals surface area contributed by atoms with Crippen LogP contribution in [0.2, 0.25) is 0 Å². The summed E-state index contributed by atoms with van der Waals surface area (Å²) in [6.45, 7) is 17.7. The largest absolute Gasteiger partial charge is 0.385 e. The summed E-state index contributed by atoms with van der Waals surface area (Å²) in [7, 11) is 1.84. The maximum absolute atomic E-state index is 12.7. The summed E-state index contributed by atoms with van der Waals surface area (Å²) < 4.78 is 3.39. The highest BCUT2D eigenvalue weighted by molar-refractivity contribution is 5.51. The standard InChI is InChI=1S/C19H21N5O.C8H4.C6H4/c1-4-20-15-10-12-16(13-11-15)21-22-18-14(2)23(3)24(19(18)25)17-8-6-5-7-9-17;1-3-5-7-8-6-4-2;1-3-5-6-4-2/h5-13,20H,4H2,1-3H3;1-2H2;1-2H2. The maximum Gasteiger partial charge on any atom is 0.299 e. The molecule has 6 heteroatoms. The molecule has 0 aliphatic carbocycles. The average Bonchev–Trinajstić information content (AvgIpc) is 3.17. The zero-order chi connectivity index (χ0) is 28.9. The van der Waals surface area contributed by atoms with Crippen LogP contribution in [0.1, 0.15) is 12.6 Å². The van der Waals surface area contributed by atoms with Gasteiger partial charge in [-0.1, -0.05) is 41.1 Å². The van der Waals surface area contributed by atoms with Crippen LogP contribution in [0, 0.1) is 6.92 Å². The van der Waals surface area contributed by atoms with Gasteiger partial charge in [0.15, 0.2) is 5.69 Å². The third-order valence-electron chi connectivity index (χ3n) is 4.64. The summed E-state index contributed by atoms with van der Waals surface area (Å²) in [5.74, 6) is 0. The molecule has 0 amide bonds. The molecule has 0 aliphatic heterocycles. The minimum Gasteiger partial charge on any atom is -0.385 e. The molecule has 3 aromatic rings. The van der Waals surface area contributed by atoms with Crippen molar-refractivity contribution in [3.8, 4) is 5.69 Å². The van der Waals surface area contributed by atoms with Gasteiger partial charge in [-0.05, 0) is 111 Å². The van der Waals surface area contributed by atoms with E-state index in [1.165, 1.54) is 0 Å². The van der Waals surface area contributed by atoms with Gasteiger partial charge in [0.1, 0.15) is 0 Å². The van der Waals surface area contributed by atoms with Crippen LogP contribution < -0.4 is 10.9 Å². The zero-order valence-corrected chi connectivity index (χ0v) is 22.4. The Balaban J connectivity index is 0.000000450. The van der Waals surface area contributed by atoms with Gasteiger partial charge < -0.3 is 5.32 Å². The predicted molar refractivity (Wildman–Crippen MR) is 158 cm³/mol. The predicted octanol–water partition coefficient (Wildman–Crippen LogP) is 7.49. The molecule has 0 saturated carbocycles. The summed E-state index contributed by atoms with van der Waals surface area (Å²) in [6, 6.07) is 17.1. The van der Waals surface area contributed by atoms with Crippen LogP contribution in [0.15, 0.2) is 153 Å². The monoisotopic (exact) mass is 511 g/mol. The third-order valence-corrected chi connectivity index (χ3v) is 4.64. The Morgan fingerprint density at radius 3 is 1.77 bits per heavy atom. The quantitative estimate of drug-likeness (QED) is 0.285. The van der Waals surface area contributed by atoms with Crippen LogP contribution in [0.4, 0.5) is 17.1 Å². The Kier molecular flexibility index (Phi) is 14.7. The second-order valence-electron chi connectivity index (χ2n) is 7.14. The van der Waals surface area contributed by atoms with E-state index in [9.17, 15) is 4.79 Å². The van der Waals surface area contributed by atoms with Crippen LogP contribution in [0.5, 0.6) is 0 Å². The van der Waals surface area contributed by atoms with Crippen molar-refractivity contribution in [1.82, 2.24) is 9.36 Å². The fourth-order valence-corrected chi connectivity index (χ4v) is 2.87. The lowest BCUT2D eigenvalue weighted by molar-refractivity contribution is 0.630. The number of nitrogens with zero attached hydrogens (tertiary/aromatic N) is 4. The first kappa shape index (κ1) is 31.2. The van der Waals surface area contributed by atoms with Gasteiger partial charge in [0.25, 0.3) is 5.56 Å². The number of hydrogen-bond acceptors (Lipinski definition) is 4. The molecule has 0 atom stereocenters. The second-order valence-corrected chi connectivity index (χ2v) is 7.14. The average molecular weight is 512 g/mol. The maximum atomic E-state index is 12.7. The number of rotatable bonds is 5. The van der Waals surface area contributed by atoms with Crippen LogP contribution in [0.25, 0.3) is 5.69 Å². The van der Waals surface area contributed by atoms with Crippen molar-refractivity contribution in [1.29, 1.82) is 0 Å². The first-order valence-corrected chi connectivity index (χ1v) is 11.6. The molecule has 1 aromatic heterocycles. The molecule has 0 unspecified atom stereocenters. The molecule has 1 heterocycles. The lowest BCUT2D eigenvalue weighted by atomic mass is 10.3. The van der Waals surface area contributed by atoms with E-state index in [-0.39, 0.29) is 5.56 Å². The molecule has 1 N–H and O–H groups in total. The lowest BCUT2D eigenvalue weighted by Crippen LogP contribution is -2.19. The van der Waals surface area contributed by atoms with Gasteiger partial charge in [0, 0.05) is 19.3 Å². The van der Waals surface area contributed by atoms with Crippen molar-refractivity contribution in [2.45, 2.75) is 13.8 Å². The van der Waals surface area contributed by atoms with E-state index in [0.717, 1.165) is 23.6 Å². The molecule has 3 rings (SSSR count). The van der Waals surface area contributed by atoms with E-state index < -0.39 is 0 Å². The van der Waals surface area contributed by atoms with Crippen molar-refractivity contribution in [3.05, 3.63) is 154 Å². The van der Waals surface area contributed by atoms with E-state index in [2.05, 4.69) is 99.2 Å². The van der Waals surface area contributed by atoms with Crippen LogP contribution in [-0.2, 0) is 7.05 Å². The summed E-state index contributed by atoms with van der Waals surface area (Å²) in [5.41, 5.74) is 27.5. The highest BCUT2D eigenvalue weighted by Gasteiger charge is 2.15. The van der Waals surface area contributed by atoms with Gasteiger partial charge in [0.05, 0.1) is 17.1 Å². The third kappa shape index (κ3) is 10.7. The smallest absolute Gasteiger partial charge is 0.299 e. The molecule has 0 aliphatic rings. The Bertz CT molecular complexity index is 1660. The molecule has 6 nitrogen and oxygen atoms in total. The highest BCUT2D eigenvalue weighted by atomic mass is 16.1. The van der Waals surface area contributed by atoms with E-state index in [4.69, 9.17) is 0 Å². The first-order chi connectivity index (χ1) is 18.9. The van der Waals surface area contributed by atoms with Crippen molar-refractivity contribution in [3.63, 3.8) is 0 Å². The SMILES string of the molecule is C=C=C=C=C=C.C=C=C=C=C=C=C=C.CCNc1ccc(N=Nc2c(C)n(C)n(-c3ccccc3)c2=O)cc1. The Morgan fingerprint density at radius 1 is 0.769 bits per heavy atom. The normalized spacial score (nSPS) is 8.38. The van der Waals surface area contributed by atoms with Crippen LogP contribution in [0.3, 0.4) is 0 Å². The summed E-state index contributed by atoms with van der Waals surface area (Å²) in [5, 5.41) is 11.7. The van der Waals surface area contributed by atoms with E-state index in [1.807, 2.05) is 75.5 Å². The van der Waals surface area contributed by atoms with Crippen molar-refractivity contribution >= 4 is 17.1 Å². The Hall–Kier alpha value is -5.87. The number of benzene rings is 2. The van der Waals surface area contributed by atoms with Gasteiger partial charge in [-0.2, -0.15) is 5.11 Å². The number of anilines is 1. The molecule has 192 valence electrons. The summed E-state index contributed by atoms with van der Waals surface area (Å²) in [4.78, 5) is 12.7. The van der Waals surface area contributed by atoms with Crippen LogP contribution in [-0.4, -0.2) is 15.9 Å². The Morgan fingerprint density at radius 2 is 1.28 bits per heavy atom. The van der Waals surface area contributed by atoms with Crippen molar-refractivity contribution < 1.29 is 0 Å². The van der Waals surface area contributed by atoms with Gasteiger partial charge in [0.2, 0.25) is 0 Å². The van der Waals surface area contributed by atoms with Gasteiger partial charge in [-0.15, -0.1) is 5.11 Å². The molecule has 0 bridgehead atoms. The second kappa shape index (κ2) is 18.4. The van der Waals surface area contributed by atoms with E-state index in [0.29, 0.717) is 11.4 Å². The molecule has 0 spiro atoms. The number of azo groups is 1. The lowest BCUT2D eigenvalue weighted by Gasteiger charge is -2.07. The number of aromatic nitrogens is 2. The van der Waals surface area contributed by atoms with E-state index >= 15 is 0 Å². The fourth-order valence-electron chi connectivity index (χ4n) is 2.87. The number of nitrogens with one attached hydrogen (secondary N) is 1. The van der Waals surface area contributed by atoms with Crippen molar-refractivity contribution in [2.24, 2.45) is 17.3 Å². The highest BCUT2D eigenvalue weighted by Crippen LogP contribution is 2.21. The number of para-hydroxylation sites is 1. The number of hydrogen-bond donors (Lipinski definition) is 1. The zero-order valence-electron chi connectivity index (χ0n) is 22.4. The molecule has 0 saturated heterocycles. The Labute approximate surface area is 229 Å². The molecular weight excluding hydrogens is 482 g/mol.